The molecule has 18 heavy (non-hydrogen) atoms. The molecular formula is C11H9Cl2N3OS. The van der Waals surface area contributed by atoms with Gasteiger partial charge >= 0.3 is 0 Å². The van der Waals surface area contributed by atoms with E-state index in [1.165, 1.54) is 23.5 Å². The highest BCUT2D eigenvalue weighted by atomic mass is 35.5. The van der Waals surface area contributed by atoms with Crippen LogP contribution in [0, 0.1) is 13.8 Å². The number of hydrogen-bond donors (Lipinski definition) is 1. The molecule has 4 nitrogen and oxygen atoms in total. The highest BCUT2D eigenvalue weighted by Gasteiger charge is 2.11. The van der Waals surface area contributed by atoms with Crippen molar-refractivity contribution in [2.45, 2.75) is 13.8 Å². The first-order chi connectivity index (χ1) is 8.45. The number of aryl methyl sites for hydroxylation is 2. The zero-order valence-electron chi connectivity index (χ0n) is 9.62. The Morgan fingerprint density at radius 2 is 1.83 bits per heavy atom. The second-order valence-electron chi connectivity index (χ2n) is 3.62. The quantitative estimate of drug-likeness (QED) is 0.860. The summed E-state index contributed by atoms with van der Waals surface area (Å²) in [6.07, 6.45) is 0. The predicted molar refractivity (Wildman–Crippen MR) is 73.8 cm³/mol. The van der Waals surface area contributed by atoms with Gasteiger partial charge in [-0.2, -0.15) is 0 Å². The normalized spacial score (nSPS) is 10.4. The second-order valence-corrected chi connectivity index (χ2v) is 5.59. The lowest BCUT2D eigenvalue weighted by Crippen LogP contribution is -2.12. The highest BCUT2D eigenvalue weighted by Crippen LogP contribution is 2.22. The number of carbonyl (C=O) groups is 1. The fourth-order valence-electron chi connectivity index (χ4n) is 1.29. The van der Waals surface area contributed by atoms with Crippen LogP contribution < -0.4 is 5.32 Å². The lowest BCUT2D eigenvalue weighted by molar-refractivity contribution is 0.102. The lowest BCUT2D eigenvalue weighted by atomic mass is 10.2. The van der Waals surface area contributed by atoms with E-state index in [4.69, 9.17) is 23.2 Å². The maximum Gasteiger partial charge on any atom is 0.257 e. The number of nitrogens with one attached hydrogen (secondary N) is 1. The van der Waals surface area contributed by atoms with E-state index in [-0.39, 0.29) is 16.2 Å². The Bertz CT molecular complexity index is 573. The molecule has 94 valence electrons. The molecule has 0 aliphatic carbocycles. The van der Waals surface area contributed by atoms with Crippen LogP contribution in [0.15, 0.2) is 12.1 Å². The first-order valence-corrected chi connectivity index (χ1v) is 6.61. The molecule has 0 aromatic carbocycles. The Balaban J connectivity index is 2.21. The molecule has 0 bridgehead atoms. The van der Waals surface area contributed by atoms with Gasteiger partial charge in [-0.15, -0.1) is 11.3 Å². The van der Waals surface area contributed by atoms with Gasteiger partial charge in [-0.05, 0) is 26.0 Å². The van der Waals surface area contributed by atoms with Gasteiger partial charge in [-0.1, -0.05) is 23.2 Å². The Morgan fingerprint density at radius 1 is 1.22 bits per heavy atom. The van der Waals surface area contributed by atoms with Gasteiger partial charge in [-0.25, -0.2) is 9.97 Å². The number of carbonyl (C=O) groups excluding carboxylic acids is 1. The topological polar surface area (TPSA) is 54.9 Å². The number of anilines is 1. The van der Waals surface area contributed by atoms with Crippen LogP contribution in [0.5, 0.6) is 0 Å². The summed E-state index contributed by atoms with van der Waals surface area (Å²) in [6, 6.07) is 2.91. The van der Waals surface area contributed by atoms with E-state index in [2.05, 4.69) is 15.3 Å². The minimum atomic E-state index is -0.310. The lowest BCUT2D eigenvalue weighted by Gasteiger charge is -2.02. The Labute approximate surface area is 118 Å². The molecule has 0 fully saturated rings. The number of hydrogen-bond acceptors (Lipinski definition) is 4. The fourth-order valence-corrected chi connectivity index (χ4v) is 2.56. The number of rotatable bonds is 2. The van der Waals surface area contributed by atoms with Crippen molar-refractivity contribution < 1.29 is 4.79 Å². The van der Waals surface area contributed by atoms with Crippen LogP contribution in [0.4, 0.5) is 5.13 Å². The van der Waals surface area contributed by atoms with Crippen LogP contribution in [-0.4, -0.2) is 15.9 Å². The van der Waals surface area contributed by atoms with Crippen LogP contribution in [0.1, 0.15) is 20.9 Å². The van der Waals surface area contributed by atoms with Gasteiger partial charge < -0.3 is 0 Å². The molecule has 0 saturated heterocycles. The van der Waals surface area contributed by atoms with Crippen molar-refractivity contribution >= 4 is 45.6 Å². The van der Waals surface area contributed by atoms with Crippen LogP contribution in [0.3, 0.4) is 0 Å². The predicted octanol–water partition coefficient (Wildman–Crippen LogP) is 3.71. The number of nitrogens with zero attached hydrogens (tertiary/aromatic N) is 2. The van der Waals surface area contributed by atoms with Gasteiger partial charge in [0.25, 0.3) is 5.91 Å². The monoisotopic (exact) mass is 301 g/mol. The smallest absolute Gasteiger partial charge is 0.257 e. The van der Waals surface area contributed by atoms with Crippen molar-refractivity contribution in [2.75, 3.05) is 5.32 Å². The van der Waals surface area contributed by atoms with Crippen LogP contribution in [-0.2, 0) is 0 Å². The zero-order valence-corrected chi connectivity index (χ0v) is 11.9. The van der Waals surface area contributed by atoms with Crippen LogP contribution in [0.2, 0.25) is 10.3 Å². The van der Waals surface area contributed by atoms with Gasteiger partial charge in [0.2, 0.25) is 0 Å². The molecule has 7 heteroatoms. The number of pyridine rings is 1. The Kier molecular flexibility index (Phi) is 3.85. The van der Waals surface area contributed by atoms with E-state index in [0.29, 0.717) is 10.7 Å². The third-order valence-corrected chi connectivity index (χ3v) is 3.65. The second kappa shape index (κ2) is 5.22. The summed E-state index contributed by atoms with van der Waals surface area (Å²) in [6.45, 7) is 3.84. The summed E-state index contributed by atoms with van der Waals surface area (Å²) in [5.74, 6) is -0.310. The molecule has 0 aliphatic rings. The molecule has 1 amide bonds. The molecule has 0 aliphatic heterocycles. The summed E-state index contributed by atoms with van der Waals surface area (Å²) in [4.78, 5) is 21.0. The molecule has 2 rings (SSSR count). The maximum atomic E-state index is 11.9. The summed E-state index contributed by atoms with van der Waals surface area (Å²) < 4.78 is 0. The molecule has 0 atom stereocenters. The SMILES string of the molecule is Cc1nc(NC(=O)c2cc(Cl)nc(Cl)c2)sc1C. The van der Waals surface area contributed by atoms with Crippen molar-refractivity contribution in [3.63, 3.8) is 0 Å². The largest absolute Gasteiger partial charge is 0.298 e. The summed E-state index contributed by atoms with van der Waals surface area (Å²) >= 11 is 12.9. The first-order valence-electron chi connectivity index (χ1n) is 5.04. The van der Waals surface area contributed by atoms with Gasteiger partial charge in [0.1, 0.15) is 10.3 Å². The van der Waals surface area contributed by atoms with Gasteiger partial charge in [0.15, 0.2) is 5.13 Å². The third kappa shape index (κ3) is 2.98. The van der Waals surface area contributed by atoms with Gasteiger partial charge in [-0.3, -0.25) is 10.1 Å². The molecule has 0 unspecified atom stereocenters. The zero-order chi connectivity index (χ0) is 13.3. The van der Waals surface area contributed by atoms with E-state index >= 15 is 0 Å². The van der Waals surface area contributed by atoms with E-state index < -0.39 is 0 Å². The molecule has 0 radical (unpaired) electrons. The van der Waals surface area contributed by atoms with Crippen molar-refractivity contribution in [1.82, 2.24) is 9.97 Å². The van der Waals surface area contributed by atoms with Crippen LogP contribution in [0.25, 0.3) is 0 Å². The van der Waals surface area contributed by atoms with E-state index in [1.54, 1.807) is 0 Å². The minimum Gasteiger partial charge on any atom is -0.298 e. The van der Waals surface area contributed by atoms with Crippen molar-refractivity contribution in [1.29, 1.82) is 0 Å². The van der Waals surface area contributed by atoms with E-state index in [9.17, 15) is 4.79 Å². The average molecular weight is 302 g/mol. The minimum absolute atomic E-state index is 0.180. The van der Waals surface area contributed by atoms with E-state index in [1.807, 2.05) is 13.8 Å². The maximum absolute atomic E-state index is 11.9. The van der Waals surface area contributed by atoms with Crippen molar-refractivity contribution in [2.24, 2.45) is 0 Å². The number of aromatic nitrogens is 2. The number of thiazole rings is 1. The molecule has 2 aromatic heterocycles. The standard InChI is InChI=1S/C11H9Cl2N3OS/c1-5-6(2)18-11(14-5)16-10(17)7-3-8(12)15-9(13)4-7/h3-4H,1-2H3,(H,14,16,17). The molecule has 2 aromatic rings. The summed E-state index contributed by atoms with van der Waals surface area (Å²) in [5.41, 5.74) is 1.26. The van der Waals surface area contributed by atoms with Crippen LogP contribution >= 0.6 is 34.5 Å². The molecule has 2 heterocycles. The average Bonchev–Trinajstić information content (AvgIpc) is 2.56. The number of halogens is 2. The van der Waals surface area contributed by atoms with Crippen molar-refractivity contribution in [3.8, 4) is 0 Å². The molecular weight excluding hydrogens is 293 g/mol. The van der Waals surface area contributed by atoms with Gasteiger partial charge in [0, 0.05) is 10.4 Å². The molecule has 0 spiro atoms. The molecule has 1 N–H and O–H groups in total. The van der Waals surface area contributed by atoms with E-state index in [0.717, 1.165) is 10.6 Å². The number of amides is 1. The third-order valence-electron chi connectivity index (χ3n) is 2.27. The van der Waals surface area contributed by atoms with Crippen molar-refractivity contribution in [3.05, 3.63) is 38.6 Å². The Hall–Kier alpha value is -1.17. The first kappa shape index (κ1) is 13.3. The summed E-state index contributed by atoms with van der Waals surface area (Å²) in [7, 11) is 0. The highest BCUT2D eigenvalue weighted by molar-refractivity contribution is 7.15. The molecule has 0 saturated carbocycles. The van der Waals surface area contributed by atoms with Gasteiger partial charge in [0.05, 0.1) is 5.69 Å². The summed E-state index contributed by atoms with van der Waals surface area (Å²) in [5, 5.41) is 3.61. The fraction of sp³-hybridized carbons (Fsp3) is 0.182. The Morgan fingerprint density at radius 3 is 2.33 bits per heavy atom.